The summed E-state index contributed by atoms with van der Waals surface area (Å²) in [6.45, 7) is 2.79. The van der Waals surface area contributed by atoms with Crippen LogP contribution in [0.2, 0.25) is 0 Å². The van der Waals surface area contributed by atoms with Gasteiger partial charge in [0.25, 0.3) is 5.91 Å². The maximum Gasteiger partial charge on any atom is 0.258 e. The summed E-state index contributed by atoms with van der Waals surface area (Å²) in [6.07, 6.45) is 1.23. The molecule has 6 nitrogen and oxygen atoms in total. The van der Waals surface area contributed by atoms with E-state index in [1.54, 1.807) is 42.3 Å². The highest BCUT2D eigenvalue weighted by Gasteiger charge is 2.32. The smallest absolute Gasteiger partial charge is 0.258 e. The van der Waals surface area contributed by atoms with Crippen LogP contribution in [-0.2, 0) is 21.2 Å². The molecule has 0 aromatic heterocycles. The average Bonchev–Trinajstić information content (AvgIpc) is 3.00. The average molecular weight is 388 g/mol. The van der Waals surface area contributed by atoms with Crippen molar-refractivity contribution in [3.8, 4) is 0 Å². The monoisotopic (exact) mass is 388 g/mol. The second kappa shape index (κ2) is 8.21. The van der Waals surface area contributed by atoms with Crippen LogP contribution in [-0.4, -0.2) is 40.6 Å². The van der Waals surface area contributed by atoms with E-state index in [0.717, 1.165) is 11.3 Å². The van der Waals surface area contributed by atoms with Crippen molar-refractivity contribution in [1.29, 1.82) is 0 Å². The molecule has 0 bridgehead atoms. The fourth-order valence-corrected chi connectivity index (χ4v) is 4.43. The van der Waals surface area contributed by atoms with E-state index in [0.29, 0.717) is 31.6 Å². The van der Waals surface area contributed by atoms with Gasteiger partial charge in [0.2, 0.25) is 10.0 Å². The molecule has 1 atom stereocenters. The molecule has 0 radical (unpaired) electrons. The topological polar surface area (TPSA) is 75.7 Å². The Hall–Kier alpha value is -2.22. The third kappa shape index (κ3) is 4.21. The van der Waals surface area contributed by atoms with Gasteiger partial charge >= 0.3 is 0 Å². The van der Waals surface area contributed by atoms with Crippen molar-refractivity contribution < 1.29 is 17.9 Å². The second-order valence-electron chi connectivity index (χ2n) is 6.63. The van der Waals surface area contributed by atoms with Gasteiger partial charge in [-0.2, -0.15) is 0 Å². The van der Waals surface area contributed by atoms with Crippen LogP contribution in [0.5, 0.6) is 0 Å². The summed E-state index contributed by atoms with van der Waals surface area (Å²) < 4.78 is 32.5. The number of benzene rings is 2. The molecule has 0 aliphatic carbocycles. The Bertz CT molecular complexity index is 913. The first-order valence-corrected chi connectivity index (χ1v) is 10.4. The van der Waals surface area contributed by atoms with Crippen LogP contribution in [0.25, 0.3) is 0 Å². The van der Waals surface area contributed by atoms with Crippen molar-refractivity contribution in [1.82, 2.24) is 4.72 Å². The molecule has 0 spiro atoms. The highest BCUT2D eigenvalue weighted by Crippen LogP contribution is 2.34. The SMILES string of the molecule is COCCCNS(=O)(=O)c1ccc2c(c1)C[C@@H](C)N2C(=O)c1ccccc1. The Morgan fingerprint density at radius 1 is 1.22 bits per heavy atom. The van der Waals surface area contributed by atoms with E-state index < -0.39 is 10.0 Å². The lowest BCUT2D eigenvalue weighted by molar-refractivity contribution is 0.0981. The summed E-state index contributed by atoms with van der Waals surface area (Å²) in [5.41, 5.74) is 2.26. The van der Waals surface area contributed by atoms with Crippen LogP contribution in [0, 0.1) is 0 Å². The minimum absolute atomic E-state index is 0.0275. The lowest BCUT2D eigenvalue weighted by atomic mass is 10.1. The first-order valence-electron chi connectivity index (χ1n) is 8.94. The molecule has 1 N–H and O–H groups in total. The van der Waals surface area contributed by atoms with E-state index in [9.17, 15) is 13.2 Å². The van der Waals surface area contributed by atoms with Gasteiger partial charge in [0.05, 0.1) is 4.90 Å². The summed E-state index contributed by atoms with van der Waals surface area (Å²) in [5.74, 6) is -0.0739. The van der Waals surface area contributed by atoms with E-state index >= 15 is 0 Å². The molecule has 1 heterocycles. The maximum atomic E-state index is 12.9. The number of methoxy groups -OCH3 is 1. The van der Waals surface area contributed by atoms with E-state index in [-0.39, 0.29) is 16.8 Å². The number of amides is 1. The normalized spacial score (nSPS) is 16.4. The molecule has 0 saturated heterocycles. The van der Waals surface area contributed by atoms with Crippen LogP contribution in [0.4, 0.5) is 5.69 Å². The molecule has 0 unspecified atom stereocenters. The van der Waals surface area contributed by atoms with E-state index in [1.165, 1.54) is 0 Å². The van der Waals surface area contributed by atoms with Crippen molar-refractivity contribution >= 4 is 21.6 Å². The molecule has 1 amide bonds. The Morgan fingerprint density at radius 3 is 2.67 bits per heavy atom. The van der Waals surface area contributed by atoms with Gasteiger partial charge in [-0.1, -0.05) is 18.2 Å². The molecule has 2 aromatic carbocycles. The summed E-state index contributed by atoms with van der Waals surface area (Å²) in [7, 11) is -2.00. The Labute approximate surface area is 160 Å². The summed E-state index contributed by atoms with van der Waals surface area (Å²) in [5, 5.41) is 0. The van der Waals surface area contributed by atoms with Gasteiger partial charge in [-0.15, -0.1) is 0 Å². The minimum Gasteiger partial charge on any atom is -0.385 e. The molecule has 144 valence electrons. The number of sulfonamides is 1. The highest BCUT2D eigenvalue weighted by molar-refractivity contribution is 7.89. The molecule has 0 saturated carbocycles. The fraction of sp³-hybridized carbons (Fsp3) is 0.350. The zero-order valence-electron chi connectivity index (χ0n) is 15.5. The van der Waals surface area contributed by atoms with E-state index in [4.69, 9.17) is 4.74 Å². The van der Waals surface area contributed by atoms with Gasteiger partial charge < -0.3 is 9.64 Å². The van der Waals surface area contributed by atoms with Crippen LogP contribution < -0.4 is 9.62 Å². The van der Waals surface area contributed by atoms with Crippen molar-refractivity contribution in [3.05, 3.63) is 59.7 Å². The van der Waals surface area contributed by atoms with Gasteiger partial charge in [0.1, 0.15) is 0 Å². The summed E-state index contributed by atoms with van der Waals surface area (Å²) in [4.78, 5) is 14.9. The van der Waals surface area contributed by atoms with Crippen LogP contribution >= 0.6 is 0 Å². The number of hydrogen-bond acceptors (Lipinski definition) is 4. The first-order chi connectivity index (χ1) is 12.9. The van der Waals surface area contributed by atoms with Gasteiger partial charge in [-0.25, -0.2) is 13.1 Å². The number of ether oxygens (including phenoxy) is 1. The van der Waals surface area contributed by atoms with Gasteiger partial charge in [-0.3, -0.25) is 4.79 Å². The predicted molar refractivity (Wildman–Crippen MR) is 105 cm³/mol. The number of fused-ring (bicyclic) bond motifs is 1. The Morgan fingerprint density at radius 2 is 1.96 bits per heavy atom. The zero-order valence-corrected chi connectivity index (χ0v) is 16.3. The van der Waals surface area contributed by atoms with Crippen LogP contribution in [0.1, 0.15) is 29.3 Å². The quantitative estimate of drug-likeness (QED) is 0.740. The lowest BCUT2D eigenvalue weighted by Gasteiger charge is -2.23. The second-order valence-corrected chi connectivity index (χ2v) is 8.40. The number of hydrogen-bond donors (Lipinski definition) is 1. The predicted octanol–water partition coefficient (Wildman–Crippen LogP) is 2.59. The lowest BCUT2D eigenvalue weighted by Crippen LogP contribution is -2.35. The molecule has 1 aliphatic heterocycles. The first kappa shape index (κ1) is 19.5. The number of carbonyl (C=O) groups is 1. The van der Waals surface area contributed by atoms with Crippen LogP contribution in [0.3, 0.4) is 0 Å². The number of nitrogens with zero attached hydrogens (tertiary/aromatic N) is 1. The number of nitrogens with one attached hydrogen (secondary N) is 1. The standard InChI is InChI=1S/C20H24N2O4S/c1-15-13-17-14-18(27(24,25)21-11-6-12-26-2)9-10-19(17)22(15)20(23)16-7-4-3-5-8-16/h3-5,7-10,14-15,21H,6,11-13H2,1-2H3/t15-/m1/s1. The molecule has 1 aliphatic rings. The zero-order chi connectivity index (χ0) is 19.4. The van der Waals surface area contributed by atoms with E-state index in [2.05, 4.69) is 4.72 Å². The maximum absolute atomic E-state index is 12.9. The molecule has 2 aromatic rings. The third-order valence-electron chi connectivity index (χ3n) is 4.63. The van der Waals surface area contributed by atoms with Gasteiger partial charge in [0, 0.05) is 37.6 Å². The number of anilines is 1. The summed E-state index contributed by atoms with van der Waals surface area (Å²) in [6, 6.07) is 14.0. The molecule has 7 heteroatoms. The third-order valence-corrected chi connectivity index (χ3v) is 6.09. The largest absolute Gasteiger partial charge is 0.385 e. The van der Waals surface area contributed by atoms with Crippen LogP contribution in [0.15, 0.2) is 53.4 Å². The van der Waals surface area contributed by atoms with Gasteiger partial charge in [0.15, 0.2) is 0 Å². The molecule has 3 rings (SSSR count). The number of carbonyl (C=O) groups excluding carboxylic acids is 1. The molecular formula is C20H24N2O4S. The Kier molecular flexibility index (Phi) is 5.94. The van der Waals surface area contributed by atoms with Crippen molar-refractivity contribution in [2.45, 2.75) is 30.7 Å². The molecular weight excluding hydrogens is 364 g/mol. The van der Waals surface area contributed by atoms with Gasteiger partial charge in [-0.05, 0) is 55.7 Å². The molecule has 0 fully saturated rings. The number of rotatable bonds is 7. The van der Waals surface area contributed by atoms with Crippen molar-refractivity contribution in [3.63, 3.8) is 0 Å². The molecule has 27 heavy (non-hydrogen) atoms. The van der Waals surface area contributed by atoms with E-state index in [1.807, 2.05) is 25.1 Å². The highest BCUT2D eigenvalue weighted by atomic mass is 32.2. The Balaban J connectivity index is 1.82. The fourth-order valence-electron chi connectivity index (χ4n) is 3.31. The minimum atomic E-state index is -3.58. The summed E-state index contributed by atoms with van der Waals surface area (Å²) >= 11 is 0. The van der Waals surface area contributed by atoms with Crippen molar-refractivity contribution in [2.24, 2.45) is 0 Å². The van der Waals surface area contributed by atoms with Crippen molar-refractivity contribution in [2.75, 3.05) is 25.2 Å².